The van der Waals surface area contributed by atoms with E-state index in [1.807, 2.05) is 39.0 Å². The first kappa shape index (κ1) is 19.1. The zero-order chi connectivity index (χ0) is 20.4. The Morgan fingerprint density at radius 3 is 2.11 bits per heavy atom. The maximum Gasteiger partial charge on any atom is 0.163 e. The highest BCUT2D eigenvalue weighted by molar-refractivity contribution is 6.09. The molecule has 28 heavy (non-hydrogen) atoms. The summed E-state index contributed by atoms with van der Waals surface area (Å²) in [7, 11) is 0. The Hall–Kier alpha value is -2.23. The molecule has 4 heteroatoms. The van der Waals surface area contributed by atoms with Gasteiger partial charge in [-0.05, 0) is 23.3 Å². The molecule has 0 saturated heterocycles. The number of carbonyl (C=O) groups excluding carboxylic acids is 3. The summed E-state index contributed by atoms with van der Waals surface area (Å²) in [4.78, 5) is 39.4. The van der Waals surface area contributed by atoms with E-state index in [2.05, 4.69) is 13.8 Å². The maximum absolute atomic E-state index is 13.2. The lowest BCUT2D eigenvalue weighted by atomic mass is 9.62. The molecule has 1 unspecified atom stereocenters. The van der Waals surface area contributed by atoms with Crippen LogP contribution >= 0.6 is 0 Å². The molecule has 0 aromatic heterocycles. The Morgan fingerprint density at radius 2 is 1.46 bits per heavy atom. The summed E-state index contributed by atoms with van der Waals surface area (Å²) >= 11 is 0. The molecule has 1 atom stereocenters. The molecular formula is C24H28O4. The van der Waals surface area contributed by atoms with Crippen molar-refractivity contribution in [1.29, 1.82) is 0 Å². The highest BCUT2D eigenvalue weighted by atomic mass is 16.5. The molecule has 4 rings (SSSR count). The third kappa shape index (κ3) is 3.03. The van der Waals surface area contributed by atoms with Gasteiger partial charge in [-0.3, -0.25) is 14.4 Å². The highest BCUT2D eigenvalue weighted by Crippen LogP contribution is 2.53. The zero-order valence-corrected chi connectivity index (χ0v) is 17.3. The van der Waals surface area contributed by atoms with E-state index in [0.717, 1.165) is 11.1 Å². The molecule has 1 heterocycles. The van der Waals surface area contributed by atoms with Crippen molar-refractivity contribution in [3.05, 3.63) is 40.7 Å². The molecule has 0 radical (unpaired) electrons. The van der Waals surface area contributed by atoms with Crippen LogP contribution < -0.4 is 4.74 Å². The molecule has 1 saturated carbocycles. The van der Waals surface area contributed by atoms with Crippen LogP contribution in [-0.2, 0) is 14.4 Å². The predicted octanol–water partition coefficient (Wildman–Crippen LogP) is 4.69. The minimum absolute atomic E-state index is 0.00818. The van der Waals surface area contributed by atoms with Crippen LogP contribution in [-0.4, -0.2) is 17.3 Å². The third-order valence-electron chi connectivity index (χ3n) is 6.33. The number of Topliss-reactive ketones (excluding diaryl/α,β-unsaturated/α-hetero) is 3. The summed E-state index contributed by atoms with van der Waals surface area (Å²) in [5, 5.41) is 0. The Labute approximate surface area is 166 Å². The van der Waals surface area contributed by atoms with Crippen molar-refractivity contribution in [2.45, 2.75) is 66.2 Å². The summed E-state index contributed by atoms with van der Waals surface area (Å²) in [6.45, 7) is 9.99. The number of allylic oxidation sites excluding steroid dienone is 2. The summed E-state index contributed by atoms with van der Waals surface area (Å²) in [5.41, 5.74) is 1.81. The quantitative estimate of drug-likeness (QED) is 0.663. The second-order valence-electron chi connectivity index (χ2n) is 10.3. The predicted molar refractivity (Wildman–Crippen MR) is 106 cm³/mol. The van der Waals surface area contributed by atoms with Gasteiger partial charge in [0, 0.05) is 42.7 Å². The number of hydrogen-bond donors (Lipinski definition) is 0. The number of hydrogen-bond acceptors (Lipinski definition) is 4. The van der Waals surface area contributed by atoms with Crippen LogP contribution in [0.2, 0.25) is 0 Å². The van der Waals surface area contributed by atoms with Crippen LogP contribution in [0.5, 0.6) is 5.75 Å². The molecule has 0 N–H and O–H groups in total. The van der Waals surface area contributed by atoms with E-state index in [-0.39, 0.29) is 28.2 Å². The molecule has 0 amide bonds. The van der Waals surface area contributed by atoms with E-state index in [9.17, 15) is 14.4 Å². The smallest absolute Gasteiger partial charge is 0.163 e. The van der Waals surface area contributed by atoms with Crippen molar-refractivity contribution in [2.24, 2.45) is 16.7 Å². The summed E-state index contributed by atoms with van der Waals surface area (Å²) in [6, 6.07) is 5.78. The van der Waals surface area contributed by atoms with Gasteiger partial charge in [-0.1, -0.05) is 45.9 Å². The fraction of sp³-hybridized carbons (Fsp3) is 0.542. The number of ether oxygens (including phenoxy) is 1. The average Bonchev–Trinajstić information content (AvgIpc) is 2.52. The van der Waals surface area contributed by atoms with Gasteiger partial charge in [-0.15, -0.1) is 0 Å². The van der Waals surface area contributed by atoms with Gasteiger partial charge in [-0.25, -0.2) is 0 Å². The van der Waals surface area contributed by atoms with Gasteiger partial charge in [0.1, 0.15) is 23.1 Å². The Kier molecular flexibility index (Phi) is 4.18. The molecule has 0 spiro atoms. The Morgan fingerprint density at radius 1 is 0.857 bits per heavy atom. The molecule has 1 aliphatic heterocycles. The number of aryl methyl sites for hydroxylation is 1. The lowest BCUT2D eigenvalue weighted by molar-refractivity contribution is -0.140. The Balaban J connectivity index is 1.90. The largest absolute Gasteiger partial charge is 0.461 e. The molecule has 1 fully saturated rings. The van der Waals surface area contributed by atoms with Crippen molar-refractivity contribution >= 4 is 17.3 Å². The lowest BCUT2D eigenvalue weighted by Gasteiger charge is -2.42. The highest BCUT2D eigenvalue weighted by Gasteiger charge is 2.51. The van der Waals surface area contributed by atoms with Gasteiger partial charge < -0.3 is 4.74 Å². The summed E-state index contributed by atoms with van der Waals surface area (Å²) in [5.74, 6) is -0.0318. The number of para-hydroxylation sites is 1. The number of carbonyl (C=O) groups is 3. The topological polar surface area (TPSA) is 60.4 Å². The van der Waals surface area contributed by atoms with E-state index in [4.69, 9.17) is 4.74 Å². The van der Waals surface area contributed by atoms with E-state index >= 15 is 0 Å². The van der Waals surface area contributed by atoms with Crippen molar-refractivity contribution in [2.75, 3.05) is 0 Å². The van der Waals surface area contributed by atoms with Gasteiger partial charge in [0.2, 0.25) is 0 Å². The van der Waals surface area contributed by atoms with Crippen molar-refractivity contribution < 1.29 is 19.1 Å². The standard InChI is InChI=1S/C24H28O4/c1-13-7-6-8-14-19(20-15(25)9-23(2,3)10-16(20)26)21-17(27)11-24(4,5)12-18(21)28-22(13)14/h6-8,19-20H,9-12H2,1-5H3. The SMILES string of the molecule is Cc1cccc2c1OC1=C(C(=O)CC(C)(C)C1)C2C1C(=O)CC(C)(C)CC1=O. The van der Waals surface area contributed by atoms with Gasteiger partial charge >= 0.3 is 0 Å². The van der Waals surface area contributed by atoms with Crippen LogP contribution in [0, 0.1) is 23.7 Å². The van der Waals surface area contributed by atoms with Crippen LogP contribution in [0.4, 0.5) is 0 Å². The minimum Gasteiger partial charge on any atom is -0.461 e. The maximum atomic E-state index is 13.2. The van der Waals surface area contributed by atoms with Gasteiger partial charge in [0.05, 0.1) is 5.92 Å². The summed E-state index contributed by atoms with van der Waals surface area (Å²) in [6.07, 6.45) is 1.78. The van der Waals surface area contributed by atoms with Crippen LogP contribution in [0.25, 0.3) is 0 Å². The van der Waals surface area contributed by atoms with Crippen molar-refractivity contribution in [1.82, 2.24) is 0 Å². The molecular weight excluding hydrogens is 352 g/mol. The van der Waals surface area contributed by atoms with Crippen molar-refractivity contribution in [3.63, 3.8) is 0 Å². The van der Waals surface area contributed by atoms with Gasteiger partial charge in [0.25, 0.3) is 0 Å². The normalized spacial score (nSPS) is 26.6. The van der Waals surface area contributed by atoms with E-state index in [0.29, 0.717) is 42.8 Å². The molecule has 148 valence electrons. The summed E-state index contributed by atoms with van der Waals surface area (Å²) < 4.78 is 6.24. The molecule has 2 aliphatic carbocycles. The monoisotopic (exact) mass is 380 g/mol. The molecule has 1 aromatic rings. The van der Waals surface area contributed by atoms with Crippen LogP contribution in [0.3, 0.4) is 0 Å². The van der Waals surface area contributed by atoms with E-state index < -0.39 is 11.8 Å². The second-order valence-corrected chi connectivity index (χ2v) is 10.3. The fourth-order valence-electron chi connectivity index (χ4n) is 5.18. The first-order valence-corrected chi connectivity index (χ1v) is 10.1. The third-order valence-corrected chi connectivity index (χ3v) is 6.33. The van der Waals surface area contributed by atoms with Crippen molar-refractivity contribution in [3.8, 4) is 5.75 Å². The zero-order valence-electron chi connectivity index (χ0n) is 17.3. The van der Waals surface area contributed by atoms with E-state index in [1.165, 1.54) is 0 Å². The molecule has 0 bridgehead atoms. The molecule has 1 aromatic carbocycles. The second kappa shape index (κ2) is 6.13. The van der Waals surface area contributed by atoms with E-state index in [1.54, 1.807) is 0 Å². The Bertz CT molecular complexity index is 912. The van der Waals surface area contributed by atoms with Crippen LogP contribution in [0.1, 0.15) is 70.4 Å². The number of rotatable bonds is 1. The fourth-order valence-corrected chi connectivity index (χ4v) is 5.18. The molecule has 4 nitrogen and oxygen atoms in total. The number of fused-ring (bicyclic) bond motifs is 1. The first-order chi connectivity index (χ1) is 13.0. The van der Waals surface area contributed by atoms with Gasteiger partial charge in [0.15, 0.2) is 5.78 Å². The first-order valence-electron chi connectivity index (χ1n) is 10.1. The molecule has 3 aliphatic rings. The van der Waals surface area contributed by atoms with Crippen LogP contribution in [0.15, 0.2) is 29.5 Å². The lowest BCUT2D eigenvalue weighted by Crippen LogP contribution is -2.44. The number of ketones is 3. The van der Waals surface area contributed by atoms with Gasteiger partial charge in [-0.2, -0.15) is 0 Å². The average molecular weight is 380 g/mol. The number of benzene rings is 1. The minimum atomic E-state index is -0.785.